The Kier molecular flexibility index (Phi) is 1.78. The van der Waals surface area contributed by atoms with Gasteiger partial charge in [-0.05, 0) is 30.5 Å². The summed E-state index contributed by atoms with van der Waals surface area (Å²) in [4.78, 5) is 15.6. The zero-order valence-corrected chi connectivity index (χ0v) is 8.68. The largest absolute Gasteiger partial charge is 0.481 e. The molecule has 1 saturated carbocycles. The van der Waals surface area contributed by atoms with Crippen molar-refractivity contribution in [2.75, 3.05) is 0 Å². The van der Waals surface area contributed by atoms with Crippen LogP contribution in [0.1, 0.15) is 18.4 Å². The lowest BCUT2D eigenvalue weighted by Gasteiger charge is -2.12. The Hall–Kier alpha value is -1.90. The van der Waals surface area contributed by atoms with Gasteiger partial charge < -0.3 is 5.11 Å². The van der Waals surface area contributed by atoms with Crippen LogP contribution in [0.3, 0.4) is 0 Å². The zero-order valence-electron chi connectivity index (χ0n) is 8.68. The van der Waals surface area contributed by atoms with Crippen LogP contribution in [-0.4, -0.2) is 16.1 Å². The molecule has 0 radical (unpaired) electrons. The standard InChI is InChI=1S/C13H11NO2/c15-12(16)13(6-7-13)10-5-8-14-11-4-2-1-3-9(10)11/h1-5,8H,6-7H2,(H,15,16). The van der Waals surface area contributed by atoms with Crippen molar-refractivity contribution in [1.29, 1.82) is 0 Å². The van der Waals surface area contributed by atoms with E-state index in [1.165, 1.54) is 0 Å². The van der Waals surface area contributed by atoms with Crippen LogP contribution in [0.2, 0.25) is 0 Å². The smallest absolute Gasteiger partial charge is 0.314 e. The van der Waals surface area contributed by atoms with E-state index >= 15 is 0 Å². The van der Waals surface area contributed by atoms with Gasteiger partial charge in [-0.25, -0.2) is 0 Å². The monoisotopic (exact) mass is 213 g/mol. The van der Waals surface area contributed by atoms with Gasteiger partial charge in [0, 0.05) is 11.6 Å². The van der Waals surface area contributed by atoms with Crippen LogP contribution >= 0.6 is 0 Å². The van der Waals surface area contributed by atoms with Crippen LogP contribution < -0.4 is 0 Å². The molecular formula is C13H11NO2. The Bertz CT molecular complexity index is 568. The van der Waals surface area contributed by atoms with Gasteiger partial charge in [0.15, 0.2) is 0 Å². The highest BCUT2D eigenvalue weighted by Crippen LogP contribution is 2.50. The fraction of sp³-hybridized carbons (Fsp3) is 0.231. The topological polar surface area (TPSA) is 50.2 Å². The number of rotatable bonds is 2. The number of hydrogen-bond donors (Lipinski definition) is 1. The van der Waals surface area contributed by atoms with E-state index in [2.05, 4.69) is 4.98 Å². The molecule has 0 saturated heterocycles. The predicted molar refractivity (Wildman–Crippen MR) is 60.3 cm³/mol. The molecule has 16 heavy (non-hydrogen) atoms. The third kappa shape index (κ3) is 1.14. The summed E-state index contributed by atoms with van der Waals surface area (Å²) >= 11 is 0. The molecule has 3 nitrogen and oxygen atoms in total. The van der Waals surface area contributed by atoms with Crippen LogP contribution in [0.25, 0.3) is 10.9 Å². The number of benzene rings is 1. The number of aliphatic carboxylic acids is 1. The van der Waals surface area contributed by atoms with Crippen molar-refractivity contribution < 1.29 is 9.90 Å². The molecule has 3 heteroatoms. The summed E-state index contributed by atoms with van der Waals surface area (Å²) in [6, 6.07) is 9.53. The van der Waals surface area contributed by atoms with E-state index in [4.69, 9.17) is 0 Å². The predicted octanol–water partition coefficient (Wildman–Crippen LogP) is 2.35. The molecule has 1 N–H and O–H groups in total. The minimum absolute atomic E-state index is 0.650. The normalized spacial score (nSPS) is 17.2. The summed E-state index contributed by atoms with van der Waals surface area (Å²) in [6.07, 6.45) is 3.16. The minimum Gasteiger partial charge on any atom is -0.481 e. The summed E-state index contributed by atoms with van der Waals surface area (Å²) < 4.78 is 0. The molecule has 1 aromatic heterocycles. The number of pyridine rings is 1. The maximum absolute atomic E-state index is 11.3. The molecule has 1 aliphatic carbocycles. The molecule has 2 aromatic rings. The second-order valence-electron chi connectivity index (χ2n) is 4.26. The molecule has 0 unspecified atom stereocenters. The Morgan fingerprint density at radius 3 is 2.69 bits per heavy atom. The fourth-order valence-electron chi connectivity index (χ4n) is 2.24. The maximum Gasteiger partial charge on any atom is 0.314 e. The van der Waals surface area contributed by atoms with Gasteiger partial charge in [-0.2, -0.15) is 0 Å². The number of para-hydroxylation sites is 1. The average molecular weight is 213 g/mol. The molecule has 0 spiro atoms. The number of aromatic nitrogens is 1. The van der Waals surface area contributed by atoms with E-state index < -0.39 is 11.4 Å². The van der Waals surface area contributed by atoms with Crippen molar-refractivity contribution in [2.45, 2.75) is 18.3 Å². The summed E-state index contributed by atoms with van der Waals surface area (Å²) in [5.41, 5.74) is 1.13. The van der Waals surface area contributed by atoms with Crippen LogP contribution in [0.5, 0.6) is 0 Å². The number of fused-ring (bicyclic) bond motifs is 1. The van der Waals surface area contributed by atoms with Gasteiger partial charge in [0.1, 0.15) is 0 Å². The van der Waals surface area contributed by atoms with Gasteiger partial charge >= 0.3 is 5.97 Å². The lowest BCUT2D eigenvalue weighted by Crippen LogP contribution is -2.19. The van der Waals surface area contributed by atoms with E-state index in [9.17, 15) is 9.90 Å². The Morgan fingerprint density at radius 2 is 2.00 bits per heavy atom. The van der Waals surface area contributed by atoms with E-state index in [-0.39, 0.29) is 0 Å². The number of carboxylic acid groups (broad SMARTS) is 1. The second-order valence-corrected chi connectivity index (χ2v) is 4.26. The first-order valence-corrected chi connectivity index (χ1v) is 5.32. The molecule has 3 rings (SSSR count). The van der Waals surface area contributed by atoms with Gasteiger partial charge in [0.05, 0.1) is 10.9 Å². The van der Waals surface area contributed by atoms with Crippen LogP contribution in [-0.2, 0) is 10.2 Å². The highest BCUT2D eigenvalue weighted by Gasteiger charge is 2.52. The van der Waals surface area contributed by atoms with Crippen LogP contribution in [0.15, 0.2) is 36.5 Å². The number of hydrogen-bond acceptors (Lipinski definition) is 2. The highest BCUT2D eigenvalue weighted by atomic mass is 16.4. The van der Waals surface area contributed by atoms with Crippen LogP contribution in [0.4, 0.5) is 0 Å². The molecule has 1 aliphatic rings. The number of carbonyl (C=O) groups is 1. The maximum atomic E-state index is 11.3. The van der Waals surface area contributed by atoms with E-state index in [1.807, 2.05) is 30.3 Å². The van der Waals surface area contributed by atoms with Crippen molar-refractivity contribution >= 4 is 16.9 Å². The number of nitrogens with zero attached hydrogens (tertiary/aromatic N) is 1. The minimum atomic E-state index is -0.719. The SMILES string of the molecule is O=C(O)C1(c2ccnc3ccccc23)CC1. The first-order chi connectivity index (χ1) is 7.74. The third-order valence-electron chi connectivity index (χ3n) is 3.32. The second kappa shape index (κ2) is 3.04. The molecule has 0 atom stereocenters. The first kappa shape index (κ1) is 9.33. The van der Waals surface area contributed by atoms with Gasteiger partial charge in [-0.15, -0.1) is 0 Å². The van der Waals surface area contributed by atoms with E-state index in [0.29, 0.717) is 0 Å². The summed E-state index contributed by atoms with van der Waals surface area (Å²) in [5, 5.41) is 10.3. The third-order valence-corrected chi connectivity index (χ3v) is 3.32. The van der Waals surface area contributed by atoms with Gasteiger partial charge in [0.25, 0.3) is 0 Å². The summed E-state index contributed by atoms with van der Waals surface area (Å²) in [5.74, 6) is -0.719. The first-order valence-electron chi connectivity index (χ1n) is 5.32. The molecular weight excluding hydrogens is 202 g/mol. The average Bonchev–Trinajstić information content (AvgIpc) is 3.09. The molecule has 0 amide bonds. The Morgan fingerprint density at radius 1 is 1.25 bits per heavy atom. The molecule has 1 aromatic carbocycles. The quantitative estimate of drug-likeness (QED) is 0.833. The van der Waals surface area contributed by atoms with Gasteiger partial charge in [0.2, 0.25) is 0 Å². The molecule has 0 bridgehead atoms. The summed E-state index contributed by atoms with van der Waals surface area (Å²) in [7, 11) is 0. The molecule has 1 heterocycles. The van der Waals surface area contributed by atoms with Crippen molar-refractivity contribution in [2.24, 2.45) is 0 Å². The molecule has 1 fully saturated rings. The van der Waals surface area contributed by atoms with E-state index in [0.717, 1.165) is 29.3 Å². The van der Waals surface area contributed by atoms with Crippen molar-refractivity contribution in [3.05, 3.63) is 42.1 Å². The zero-order chi connectivity index (χ0) is 11.2. The van der Waals surface area contributed by atoms with Gasteiger partial charge in [-0.1, -0.05) is 18.2 Å². The Balaban J connectivity index is 2.29. The highest BCUT2D eigenvalue weighted by molar-refractivity contribution is 5.93. The lowest BCUT2D eigenvalue weighted by atomic mass is 9.93. The van der Waals surface area contributed by atoms with Gasteiger partial charge in [-0.3, -0.25) is 9.78 Å². The van der Waals surface area contributed by atoms with Crippen LogP contribution in [0, 0.1) is 0 Å². The summed E-state index contributed by atoms with van der Waals surface area (Å²) in [6.45, 7) is 0. The van der Waals surface area contributed by atoms with Crippen molar-refractivity contribution in [3.63, 3.8) is 0 Å². The number of carboxylic acids is 1. The van der Waals surface area contributed by atoms with E-state index in [1.54, 1.807) is 6.20 Å². The molecule has 80 valence electrons. The Labute approximate surface area is 92.7 Å². The van der Waals surface area contributed by atoms with Crippen molar-refractivity contribution in [3.8, 4) is 0 Å². The lowest BCUT2D eigenvalue weighted by molar-refractivity contribution is -0.139. The van der Waals surface area contributed by atoms with Crippen molar-refractivity contribution in [1.82, 2.24) is 4.98 Å². The molecule has 0 aliphatic heterocycles. The fourth-order valence-corrected chi connectivity index (χ4v) is 2.24.